The largest absolute Gasteiger partial charge is 0.496 e. The lowest BCUT2D eigenvalue weighted by molar-refractivity contribution is -0.120. The zero-order valence-electron chi connectivity index (χ0n) is 15.2. The molecule has 0 saturated heterocycles. The Morgan fingerprint density at radius 2 is 2.04 bits per heavy atom. The molecule has 1 amide bonds. The molecule has 27 heavy (non-hydrogen) atoms. The maximum Gasteiger partial charge on any atom is 0.224 e. The molecule has 0 bridgehead atoms. The standard InChI is InChI=1S/C20H20N4O3/c1-14(25)16-3-4-18(27-2)17(10-16)11-20(26)23-12-15-5-6-22-19(9-15)24-8-7-21-13-24/h3-10,13H,11-12H2,1-2H3,(H,23,26). The van der Waals surface area contributed by atoms with Crippen LogP contribution in [0.2, 0.25) is 0 Å². The molecule has 0 aliphatic rings. The monoisotopic (exact) mass is 364 g/mol. The lowest BCUT2D eigenvalue weighted by atomic mass is 10.0. The number of carbonyl (C=O) groups excluding carboxylic acids is 2. The molecule has 1 N–H and O–H groups in total. The third-order valence-corrected chi connectivity index (χ3v) is 4.11. The predicted octanol–water partition coefficient (Wildman–Crippen LogP) is 2.34. The Bertz CT molecular complexity index is 952. The van der Waals surface area contributed by atoms with Gasteiger partial charge in [-0.2, -0.15) is 0 Å². The summed E-state index contributed by atoms with van der Waals surface area (Å²) in [4.78, 5) is 32.2. The van der Waals surface area contributed by atoms with Crippen LogP contribution >= 0.6 is 0 Å². The molecule has 0 unspecified atom stereocenters. The van der Waals surface area contributed by atoms with Crippen molar-refractivity contribution >= 4 is 11.7 Å². The third-order valence-electron chi connectivity index (χ3n) is 4.11. The van der Waals surface area contributed by atoms with E-state index < -0.39 is 0 Å². The molecule has 1 aromatic carbocycles. The SMILES string of the molecule is COc1ccc(C(C)=O)cc1CC(=O)NCc1ccnc(-n2ccnc2)c1. The fourth-order valence-electron chi connectivity index (χ4n) is 2.68. The van der Waals surface area contributed by atoms with Crippen LogP contribution in [0.5, 0.6) is 5.75 Å². The van der Waals surface area contributed by atoms with Crippen LogP contribution in [-0.4, -0.2) is 33.3 Å². The number of aromatic nitrogens is 3. The Hall–Kier alpha value is -3.48. The van der Waals surface area contributed by atoms with E-state index in [0.717, 1.165) is 11.4 Å². The number of Topliss-reactive ketones (excluding diaryl/α,β-unsaturated/α-hetero) is 1. The van der Waals surface area contributed by atoms with Gasteiger partial charge in [-0.3, -0.25) is 14.2 Å². The van der Waals surface area contributed by atoms with Crippen LogP contribution in [0.25, 0.3) is 5.82 Å². The van der Waals surface area contributed by atoms with Crippen LogP contribution in [0, 0.1) is 0 Å². The molecule has 0 saturated carbocycles. The fraction of sp³-hybridized carbons (Fsp3) is 0.200. The van der Waals surface area contributed by atoms with Crippen LogP contribution in [0.1, 0.15) is 28.4 Å². The maximum absolute atomic E-state index is 12.4. The van der Waals surface area contributed by atoms with Gasteiger partial charge >= 0.3 is 0 Å². The van der Waals surface area contributed by atoms with Gasteiger partial charge in [-0.1, -0.05) is 0 Å². The zero-order valence-corrected chi connectivity index (χ0v) is 15.2. The predicted molar refractivity (Wildman–Crippen MR) is 99.9 cm³/mol. The number of methoxy groups -OCH3 is 1. The number of hydrogen-bond acceptors (Lipinski definition) is 5. The molecular weight excluding hydrogens is 344 g/mol. The molecule has 2 heterocycles. The Balaban J connectivity index is 1.66. The Morgan fingerprint density at radius 3 is 2.74 bits per heavy atom. The minimum atomic E-state index is -0.157. The summed E-state index contributed by atoms with van der Waals surface area (Å²) in [6.07, 6.45) is 6.97. The van der Waals surface area contributed by atoms with Crippen LogP contribution in [0.3, 0.4) is 0 Å². The smallest absolute Gasteiger partial charge is 0.224 e. The second kappa shape index (κ2) is 8.27. The number of ketones is 1. The van der Waals surface area contributed by atoms with Crippen molar-refractivity contribution in [3.05, 3.63) is 71.9 Å². The molecule has 0 aliphatic carbocycles. The molecular formula is C20H20N4O3. The minimum absolute atomic E-state index is 0.0527. The Morgan fingerprint density at radius 1 is 1.19 bits per heavy atom. The first kappa shape index (κ1) is 18.3. The molecule has 0 spiro atoms. The van der Waals surface area contributed by atoms with Gasteiger partial charge in [0.15, 0.2) is 5.78 Å². The van der Waals surface area contributed by atoms with E-state index in [4.69, 9.17) is 4.74 Å². The van der Waals surface area contributed by atoms with Crippen molar-refractivity contribution in [2.24, 2.45) is 0 Å². The van der Waals surface area contributed by atoms with Crippen LogP contribution in [0.4, 0.5) is 0 Å². The Labute approximate surface area is 157 Å². The number of benzene rings is 1. The topological polar surface area (TPSA) is 86.1 Å². The first-order chi connectivity index (χ1) is 13.1. The van der Waals surface area contributed by atoms with Gasteiger partial charge in [0.1, 0.15) is 17.9 Å². The van der Waals surface area contributed by atoms with Crippen molar-refractivity contribution in [1.82, 2.24) is 19.9 Å². The van der Waals surface area contributed by atoms with Crippen molar-refractivity contribution in [3.8, 4) is 11.6 Å². The molecule has 0 radical (unpaired) electrons. The number of amides is 1. The van der Waals surface area contributed by atoms with E-state index in [2.05, 4.69) is 15.3 Å². The van der Waals surface area contributed by atoms with Gasteiger partial charge in [0.25, 0.3) is 0 Å². The molecule has 0 fully saturated rings. The van der Waals surface area contributed by atoms with Crippen LogP contribution in [0.15, 0.2) is 55.2 Å². The zero-order chi connectivity index (χ0) is 19.2. The summed E-state index contributed by atoms with van der Waals surface area (Å²) < 4.78 is 7.09. The molecule has 3 rings (SSSR count). The highest BCUT2D eigenvalue weighted by molar-refractivity contribution is 5.94. The van der Waals surface area contributed by atoms with E-state index in [9.17, 15) is 9.59 Å². The highest BCUT2D eigenvalue weighted by atomic mass is 16.5. The van der Waals surface area contributed by atoms with Crippen molar-refractivity contribution in [2.45, 2.75) is 19.9 Å². The first-order valence-corrected chi connectivity index (χ1v) is 8.44. The van der Waals surface area contributed by atoms with Gasteiger partial charge in [0.2, 0.25) is 5.91 Å². The van der Waals surface area contributed by atoms with Gasteiger partial charge in [-0.05, 0) is 42.8 Å². The number of hydrogen-bond donors (Lipinski definition) is 1. The van der Waals surface area contributed by atoms with E-state index in [-0.39, 0.29) is 18.1 Å². The van der Waals surface area contributed by atoms with Crippen molar-refractivity contribution in [3.63, 3.8) is 0 Å². The average Bonchev–Trinajstić information content (AvgIpc) is 3.21. The fourth-order valence-corrected chi connectivity index (χ4v) is 2.68. The van der Waals surface area contributed by atoms with E-state index in [0.29, 0.717) is 23.4 Å². The minimum Gasteiger partial charge on any atom is -0.496 e. The van der Waals surface area contributed by atoms with E-state index in [1.54, 1.807) is 54.8 Å². The maximum atomic E-state index is 12.4. The highest BCUT2D eigenvalue weighted by Gasteiger charge is 2.11. The summed E-state index contributed by atoms with van der Waals surface area (Å²) in [7, 11) is 1.54. The lowest BCUT2D eigenvalue weighted by Gasteiger charge is -2.11. The van der Waals surface area contributed by atoms with Gasteiger partial charge in [-0.15, -0.1) is 0 Å². The van der Waals surface area contributed by atoms with Crippen LogP contribution < -0.4 is 10.1 Å². The summed E-state index contributed by atoms with van der Waals surface area (Å²) in [5, 5.41) is 2.89. The molecule has 138 valence electrons. The first-order valence-electron chi connectivity index (χ1n) is 8.44. The molecule has 2 aromatic heterocycles. The van der Waals surface area contributed by atoms with Crippen molar-refractivity contribution < 1.29 is 14.3 Å². The summed E-state index contributed by atoms with van der Waals surface area (Å²) in [6.45, 7) is 1.87. The number of pyridine rings is 1. The van der Waals surface area contributed by atoms with E-state index in [1.807, 2.05) is 12.1 Å². The third kappa shape index (κ3) is 4.58. The number of nitrogens with one attached hydrogen (secondary N) is 1. The van der Waals surface area contributed by atoms with Crippen LogP contribution in [-0.2, 0) is 17.8 Å². The normalized spacial score (nSPS) is 10.4. The number of imidazole rings is 1. The van der Waals surface area contributed by atoms with E-state index in [1.165, 1.54) is 6.92 Å². The van der Waals surface area contributed by atoms with Gasteiger partial charge in [0, 0.05) is 36.3 Å². The number of rotatable bonds is 7. The molecule has 0 aliphatic heterocycles. The van der Waals surface area contributed by atoms with E-state index >= 15 is 0 Å². The molecule has 0 atom stereocenters. The second-order valence-corrected chi connectivity index (χ2v) is 6.03. The summed E-state index contributed by atoms with van der Waals surface area (Å²) >= 11 is 0. The van der Waals surface area contributed by atoms with Crippen molar-refractivity contribution in [1.29, 1.82) is 0 Å². The van der Waals surface area contributed by atoms with Crippen molar-refractivity contribution in [2.75, 3.05) is 7.11 Å². The second-order valence-electron chi connectivity index (χ2n) is 6.03. The Kier molecular flexibility index (Phi) is 5.61. The molecule has 7 nitrogen and oxygen atoms in total. The number of ether oxygens (including phenoxy) is 1. The number of carbonyl (C=O) groups is 2. The quantitative estimate of drug-likeness (QED) is 0.650. The summed E-state index contributed by atoms with van der Waals surface area (Å²) in [6, 6.07) is 8.83. The van der Waals surface area contributed by atoms with Gasteiger partial charge in [0.05, 0.1) is 13.5 Å². The van der Waals surface area contributed by atoms with Gasteiger partial charge < -0.3 is 10.1 Å². The average molecular weight is 364 g/mol. The molecule has 7 heteroatoms. The number of nitrogens with zero attached hydrogens (tertiary/aromatic N) is 3. The molecule has 3 aromatic rings. The summed E-state index contributed by atoms with van der Waals surface area (Å²) in [5.41, 5.74) is 2.15. The summed E-state index contributed by atoms with van der Waals surface area (Å²) in [5.74, 6) is 1.11. The highest BCUT2D eigenvalue weighted by Crippen LogP contribution is 2.21. The van der Waals surface area contributed by atoms with Gasteiger partial charge in [-0.25, -0.2) is 9.97 Å². The lowest BCUT2D eigenvalue weighted by Crippen LogP contribution is -2.25.